The maximum atomic E-state index is 12.3. The van der Waals surface area contributed by atoms with Crippen LogP contribution in [0.5, 0.6) is 0 Å². The van der Waals surface area contributed by atoms with Gasteiger partial charge in [-0.05, 0) is 24.7 Å². The van der Waals surface area contributed by atoms with E-state index in [1.54, 1.807) is 6.92 Å². The van der Waals surface area contributed by atoms with E-state index in [9.17, 15) is 14.4 Å². The Morgan fingerprint density at radius 1 is 1.33 bits per heavy atom. The first-order chi connectivity index (χ1) is 8.56. The van der Waals surface area contributed by atoms with E-state index in [2.05, 4.69) is 0 Å². The highest BCUT2D eigenvalue weighted by Crippen LogP contribution is 2.52. The average Bonchev–Trinajstić information content (AvgIpc) is 2.98. The number of fused-ring (bicyclic) bond motifs is 5. The molecule has 2 fully saturated rings. The lowest BCUT2D eigenvalue weighted by Gasteiger charge is -2.23. The highest BCUT2D eigenvalue weighted by Gasteiger charge is 2.60. The molecule has 0 aromatic carbocycles. The number of carboxylic acid groups (broad SMARTS) is 1. The summed E-state index contributed by atoms with van der Waals surface area (Å²) in [6.45, 7) is 1.68. The molecule has 5 heteroatoms. The molecule has 2 aliphatic carbocycles. The fourth-order valence-electron chi connectivity index (χ4n) is 3.70. The van der Waals surface area contributed by atoms with Crippen LogP contribution in [0.15, 0.2) is 12.2 Å². The second-order valence-electron chi connectivity index (χ2n) is 5.31. The summed E-state index contributed by atoms with van der Waals surface area (Å²) >= 11 is 0. The largest absolute Gasteiger partial charge is 0.480 e. The number of hydrogen-bond acceptors (Lipinski definition) is 3. The molecule has 5 nitrogen and oxygen atoms in total. The quantitative estimate of drug-likeness (QED) is 0.589. The predicted octanol–water partition coefficient (Wildman–Crippen LogP) is 0.657. The van der Waals surface area contributed by atoms with Crippen molar-refractivity contribution in [3.8, 4) is 0 Å². The minimum absolute atomic E-state index is 0.132. The first-order valence-electron chi connectivity index (χ1n) is 6.34. The molecule has 3 rings (SSSR count). The summed E-state index contributed by atoms with van der Waals surface area (Å²) < 4.78 is 0. The number of carbonyl (C=O) groups is 3. The summed E-state index contributed by atoms with van der Waals surface area (Å²) in [6, 6.07) is -1.00. The molecule has 1 saturated carbocycles. The Labute approximate surface area is 104 Å². The van der Waals surface area contributed by atoms with Crippen molar-refractivity contribution in [3.63, 3.8) is 0 Å². The average molecular weight is 249 g/mol. The van der Waals surface area contributed by atoms with Crippen molar-refractivity contribution in [1.29, 1.82) is 0 Å². The smallest absolute Gasteiger partial charge is 0.326 e. The third-order valence-electron chi connectivity index (χ3n) is 4.49. The Bertz CT molecular complexity index is 440. The van der Waals surface area contributed by atoms with Gasteiger partial charge < -0.3 is 5.11 Å². The topological polar surface area (TPSA) is 74.7 Å². The number of hydrogen-bond donors (Lipinski definition) is 1. The molecule has 0 aromatic heterocycles. The highest BCUT2D eigenvalue weighted by molar-refractivity contribution is 6.08. The van der Waals surface area contributed by atoms with E-state index in [-0.39, 0.29) is 41.9 Å². The summed E-state index contributed by atoms with van der Waals surface area (Å²) in [5, 5.41) is 9.12. The molecule has 3 aliphatic rings. The van der Waals surface area contributed by atoms with Crippen molar-refractivity contribution >= 4 is 17.8 Å². The molecule has 1 saturated heterocycles. The van der Waals surface area contributed by atoms with Crippen LogP contribution in [-0.2, 0) is 14.4 Å². The Morgan fingerprint density at radius 2 is 1.83 bits per heavy atom. The predicted molar refractivity (Wildman–Crippen MR) is 61.3 cm³/mol. The van der Waals surface area contributed by atoms with Gasteiger partial charge in [-0.15, -0.1) is 0 Å². The summed E-state index contributed by atoms with van der Waals surface area (Å²) in [5.41, 5.74) is 0. The minimum Gasteiger partial charge on any atom is -0.480 e. The first kappa shape index (κ1) is 11.4. The fraction of sp³-hybridized carbons (Fsp3) is 0.615. The molecule has 18 heavy (non-hydrogen) atoms. The van der Waals surface area contributed by atoms with Crippen molar-refractivity contribution in [2.75, 3.05) is 0 Å². The molecule has 96 valence electrons. The van der Waals surface area contributed by atoms with Gasteiger partial charge >= 0.3 is 5.97 Å². The van der Waals surface area contributed by atoms with Crippen LogP contribution in [0.3, 0.4) is 0 Å². The molecule has 1 heterocycles. The van der Waals surface area contributed by atoms with Crippen molar-refractivity contribution in [1.82, 2.24) is 4.90 Å². The zero-order valence-electron chi connectivity index (χ0n) is 10.1. The van der Waals surface area contributed by atoms with E-state index in [4.69, 9.17) is 5.11 Å². The lowest BCUT2D eigenvalue weighted by atomic mass is 9.85. The van der Waals surface area contributed by atoms with Crippen molar-refractivity contribution in [2.24, 2.45) is 23.7 Å². The molecule has 1 N–H and O–H groups in total. The third kappa shape index (κ3) is 1.24. The molecule has 5 unspecified atom stereocenters. The van der Waals surface area contributed by atoms with Gasteiger partial charge in [0.2, 0.25) is 11.8 Å². The van der Waals surface area contributed by atoms with Gasteiger partial charge in [0.1, 0.15) is 6.04 Å². The zero-order chi connectivity index (χ0) is 13.0. The number of imide groups is 1. The number of allylic oxidation sites excluding steroid dienone is 2. The van der Waals surface area contributed by atoms with Crippen molar-refractivity contribution in [3.05, 3.63) is 12.2 Å². The van der Waals surface area contributed by atoms with Gasteiger partial charge in [0, 0.05) is 0 Å². The SMILES string of the molecule is CCC(C(=O)O)N1C(=O)C2C3C=CC(C3)C2C1=O. The first-order valence-corrected chi connectivity index (χ1v) is 6.34. The number of carboxylic acids is 1. The summed E-state index contributed by atoms with van der Waals surface area (Å²) in [4.78, 5) is 36.7. The van der Waals surface area contributed by atoms with E-state index in [0.717, 1.165) is 11.3 Å². The van der Waals surface area contributed by atoms with Crippen LogP contribution >= 0.6 is 0 Å². The van der Waals surface area contributed by atoms with Gasteiger partial charge in [0.05, 0.1) is 11.8 Å². The maximum Gasteiger partial charge on any atom is 0.326 e. The molecule has 2 amide bonds. The standard InChI is InChI=1S/C13H15NO4/c1-2-8(13(17)18)14-11(15)9-6-3-4-7(5-6)10(9)12(14)16/h3-4,6-10H,2,5H2,1H3,(H,17,18). The van der Waals surface area contributed by atoms with Crippen LogP contribution in [0.1, 0.15) is 19.8 Å². The van der Waals surface area contributed by atoms with E-state index in [0.29, 0.717) is 0 Å². The number of likely N-dealkylation sites (tertiary alicyclic amines) is 1. The summed E-state index contributed by atoms with van der Waals surface area (Å²) in [7, 11) is 0. The van der Waals surface area contributed by atoms with Gasteiger partial charge in [0.15, 0.2) is 0 Å². The van der Waals surface area contributed by atoms with Crippen LogP contribution in [-0.4, -0.2) is 33.8 Å². The summed E-state index contributed by atoms with van der Waals surface area (Å²) in [6.07, 6.45) is 5.13. The number of carbonyl (C=O) groups excluding carboxylic acids is 2. The van der Waals surface area contributed by atoms with E-state index in [1.807, 2.05) is 12.2 Å². The Hall–Kier alpha value is -1.65. The number of amides is 2. The molecule has 5 atom stereocenters. The maximum absolute atomic E-state index is 12.3. The van der Waals surface area contributed by atoms with Gasteiger partial charge in [-0.2, -0.15) is 0 Å². The second kappa shape index (κ2) is 3.67. The number of nitrogens with zero attached hydrogens (tertiary/aromatic N) is 1. The van der Waals surface area contributed by atoms with Gasteiger partial charge in [0.25, 0.3) is 0 Å². The van der Waals surface area contributed by atoms with Crippen LogP contribution in [0.25, 0.3) is 0 Å². The van der Waals surface area contributed by atoms with E-state index >= 15 is 0 Å². The molecule has 2 bridgehead atoms. The van der Waals surface area contributed by atoms with E-state index < -0.39 is 12.0 Å². The molecule has 0 spiro atoms. The van der Waals surface area contributed by atoms with Crippen molar-refractivity contribution < 1.29 is 19.5 Å². The van der Waals surface area contributed by atoms with Crippen LogP contribution in [0.4, 0.5) is 0 Å². The van der Waals surface area contributed by atoms with Crippen LogP contribution < -0.4 is 0 Å². The van der Waals surface area contributed by atoms with E-state index in [1.165, 1.54) is 0 Å². The molecule has 1 aliphatic heterocycles. The normalized spacial score (nSPS) is 38.4. The van der Waals surface area contributed by atoms with Crippen LogP contribution in [0.2, 0.25) is 0 Å². The third-order valence-corrected chi connectivity index (χ3v) is 4.49. The summed E-state index contributed by atoms with van der Waals surface area (Å²) in [5.74, 6) is -2.01. The van der Waals surface area contributed by atoms with Gasteiger partial charge in [-0.25, -0.2) is 4.79 Å². The molecule has 0 radical (unpaired) electrons. The van der Waals surface area contributed by atoms with Crippen molar-refractivity contribution in [2.45, 2.75) is 25.8 Å². The number of aliphatic carboxylic acids is 1. The van der Waals surface area contributed by atoms with Crippen LogP contribution in [0, 0.1) is 23.7 Å². The Kier molecular flexibility index (Phi) is 2.33. The van der Waals surface area contributed by atoms with Gasteiger partial charge in [-0.3, -0.25) is 14.5 Å². The minimum atomic E-state index is -1.10. The monoisotopic (exact) mass is 249 g/mol. The fourth-order valence-corrected chi connectivity index (χ4v) is 3.70. The molecular formula is C13H15NO4. The second-order valence-corrected chi connectivity index (χ2v) is 5.31. The highest BCUT2D eigenvalue weighted by atomic mass is 16.4. The molecule has 0 aromatic rings. The lowest BCUT2D eigenvalue weighted by molar-refractivity contribution is -0.155. The Balaban J connectivity index is 1.94. The zero-order valence-corrected chi connectivity index (χ0v) is 10.1. The number of rotatable bonds is 3. The Morgan fingerprint density at radius 3 is 2.22 bits per heavy atom. The lowest BCUT2D eigenvalue weighted by Crippen LogP contribution is -2.45. The van der Waals surface area contributed by atoms with Gasteiger partial charge in [-0.1, -0.05) is 19.1 Å². The molecular weight excluding hydrogens is 234 g/mol.